The number of hydrogen-bond donors (Lipinski definition) is 2. The smallest absolute Gasteiger partial charge is 0.305 e. The molecule has 5 nitrogen and oxygen atoms in total. The fourth-order valence-electron chi connectivity index (χ4n) is 1.96. The molecule has 1 aliphatic rings. The summed E-state index contributed by atoms with van der Waals surface area (Å²) in [6.07, 6.45) is -0.127. The summed E-state index contributed by atoms with van der Waals surface area (Å²) in [6, 6.07) is 2.77. The number of nitrogens with zero attached hydrogens (tertiary/aromatic N) is 1. The minimum Gasteiger partial charge on any atom is -0.481 e. The van der Waals surface area contributed by atoms with E-state index in [-0.39, 0.29) is 18.9 Å². The van der Waals surface area contributed by atoms with E-state index in [2.05, 4.69) is 5.32 Å². The van der Waals surface area contributed by atoms with Crippen LogP contribution in [-0.4, -0.2) is 29.6 Å². The lowest BCUT2D eigenvalue weighted by Crippen LogP contribution is -2.46. The molecule has 102 valence electrons. The Hall–Kier alpha value is -1.46. The predicted octanol–water partition coefficient (Wildman–Crippen LogP) is 2.62. The largest absolute Gasteiger partial charge is 0.481 e. The zero-order valence-electron chi connectivity index (χ0n) is 10.1. The van der Waals surface area contributed by atoms with Crippen molar-refractivity contribution in [2.24, 2.45) is 0 Å². The van der Waals surface area contributed by atoms with Crippen LogP contribution in [-0.2, 0) is 9.59 Å². The highest BCUT2D eigenvalue weighted by Crippen LogP contribution is 2.38. The number of anilines is 2. The maximum Gasteiger partial charge on any atom is 0.305 e. The highest BCUT2D eigenvalue weighted by Gasteiger charge is 2.30. The summed E-state index contributed by atoms with van der Waals surface area (Å²) in [7, 11) is 0. The van der Waals surface area contributed by atoms with Crippen molar-refractivity contribution in [2.45, 2.75) is 19.4 Å². The molecule has 0 saturated carbocycles. The molecule has 1 unspecified atom stereocenters. The molecular formula is C12H12Cl2N2O3. The lowest BCUT2D eigenvalue weighted by molar-refractivity contribution is -0.136. The van der Waals surface area contributed by atoms with Crippen molar-refractivity contribution < 1.29 is 14.7 Å². The quantitative estimate of drug-likeness (QED) is 0.900. The summed E-state index contributed by atoms with van der Waals surface area (Å²) in [4.78, 5) is 24.2. The first-order chi connectivity index (χ1) is 8.90. The number of hydrogen-bond acceptors (Lipinski definition) is 3. The Morgan fingerprint density at radius 1 is 1.42 bits per heavy atom. The Labute approximate surface area is 120 Å². The van der Waals surface area contributed by atoms with Crippen LogP contribution in [0.15, 0.2) is 12.1 Å². The molecule has 7 heteroatoms. The highest BCUT2D eigenvalue weighted by molar-refractivity contribution is 6.42. The molecule has 0 bridgehead atoms. The van der Waals surface area contributed by atoms with Crippen LogP contribution in [0.5, 0.6) is 0 Å². The molecule has 19 heavy (non-hydrogen) atoms. The third-order valence-corrected chi connectivity index (χ3v) is 3.61. The van der Waals surface area contributed by atoms with Gasteiger partial charge in [-0.1, -0.05) is 23.2 Å². The molecule has 1 heterocycles. The average molecular weight is 303 g/mol. The number of carboxylic acids is 1. The molecule has 0 fully saturated rings. The number of carbonyl (C=O) groups excluding carboxylic acids is 1. The zero-order valence-corrected chi connectivity index (χ0v) is 11.6. The van der Waals surface area contributed by atoms with Gasteiger partial charge in [0.1, 0.15) is 6.04 Å². The van der Waals surface area contributed by atoms with E-state index < -0.39 is 12.0 Å². The van der Waals surface area contributed by atoms with E-state index in [0.717, 1.165) is 0 Å². The number of nitrogens with one attached hydrogen (secondary N) is 1. The number of carboxylic acid groups (broad SMARTS) is 1. The monoisotopic (exact) mass is 302 g/mol. The molecule has 1 aromatic carbocycles. The summed E-state index contributed by atoms with van der Waals surface area (Å²) in [5, 5.41) is 12.5. The molecule has 0 aliphatic carbocycles. The van der Waals surface area contributed by atoms with Gasteiger partial charge in [0.05, 0.1) is 27.8 Å². The van der Waals surface area contributed by atoms with Crippen molar-refractivity contribution in [3.05, 3.63) is 22.2 Å². The van der Waals surface area contributed by atoms with Crippen LogP contribution in [0, 0.1) is 0 Å². The number of fused-ring (bicyclic) bond motifs is 1. The predicted molar refractivity (Wildman–Crippen MR) is 74.2 cm³/mol. The van der Waals surface area contributed by atoms with Gasteiger partial charge in [0.2, 0.25) is 5.91 Å². The lowest BCUT2D eigenvalue weighted by Gasteiger charge is -2.34. The van der Waals surface area contributed by atoms with Gasteiger partial charge < -0.3 is 15.3 Å². The third-order valence-electron chi connectivity index (χ3n) is 2.89. The van der Waals surface area contributed by atoms with Gasteiger partial charge in [-0.15, -0.1) is 0 Å². The van der Waals surface area contributed by atoms with E-state index in [1.807, 2.05) is 0 Å². The van der Waals surface area contributed by atoms with Gasteiger partial charge in [0.15, 0.2) is 0 Å². The SMILES string of the molecule is CC1Nc2cc(Cl)c(Cl)cc2N(CCC(=O)O)C1=O. The number of halogens is 2. The molecule has 1 amide bonds. The second kappa shape index (κ2) is 5.27. The van der Waals surface area contributed by atoms with Gasteiger partial charge in [-0.3, -0.25) is 9.59 Å². The molecule has 2 N–H and O–H groups in total. The molecule has 0 saturated heterocycles. The zero-order chi connectivity index (χ0) is 14.2. The third kappa shape index (κ3) is 2.77. The van der Waals surface area contributed by atoms with E-state index in [1.165, 1.54) is 4.90 Å². The number of aliphatic carboxylic acids is 1. The molecule has 0 aromatic heterocycles. The molecule has 1 atom stereocenters. The Morgan fingerprint density at radius 3 is 2.68 bits per heavy atom. The molecule has 1 aliphatic heterocycles. The van der Waals surface area contributed by atoms with Gasteiger partial charge in [0, 0.05) is 6.54 Å². The Bertz CT molecular complexity index is 548. The second-order valence-corrected chi connectivity index (χ2v) is 5.10. The maximum absolute atomic E-state index is 12.1. The summed E-state index contributed by atoms with van der Waals surface area (Å²) < 4.78 is 0. The molecule has 0 spiro atoms. The van der Waals surface area contributed by atoms with Crippen molar-refractivity contribution >= 4 is 46.5 Å². The summed E-state index contributed by atoms with van der Waals surface area (Å²) in [5.41, 5.74) is 1.23. The van der Waals surface area contributed by atoms with Gasteiger partial charge in [-0.05, 0) is 19.1 Å². The van der Waals surface area contributed by atoms with Gasteiger partial charge in [-0.25, -0.2) is 0 Å². The van der Waals surface area contributed by atoms with E-state index in [4.69, 9.17) is 28.3 Å². The summed E-state index contributed by atoms with van der Waals surface area (Å²) in [6.45, 7) is 1.81. The first-order valence-electron chi connectivity index (χ1n) is 5.69. The minimum atomic E-state index is -0.958. The van der Waals surface area contributed by atoms with Crippen molar-refractivity contribution in [1.82, 2.24) is 0 Å². The Morgan fingerprint density at radius 2 is 2.05 bits per heavy atom. The standard InChI is InChI=1S/C12H12Cl2N2O3/c1-6-12(19)16(3-2-11(17)18)10-5-8(14)7(13)4-9(10)15-6/h4-6,15H,2-3H2,1H3,(H,17,18). The van der Waals surface area contributed by atoms with Crippen molar-refractivity contribution in [3.63, 3.8) is 0 Å². The fraction of sp³-hybridized carbons (Fsp3) is 0.333. The molecular weight excluding hydrogens is 291 g/mol. The van der Waals surface area contributed by atoms with Crippen LogP contribution in [0.3, 0.4) is 0 Å². The number of carbonyl (C=O) groups is 2. The van der Waals surface area contributed by atoms with E-state index >= 15 is 0 Å². The Kier molecular flexibility index (Phi) is 3.87. The average Bonchev–Trinajstić information content (AvgIpc) is 2.32. The summed E-state index contributed by atoms with van der Waals surface area (Å²) in [5.74, 6) is -1.15. The van der Waals surface area contributed by atoms with Gasteiger partial charge >= 0.3 is 5.97 Å². The number of amides is 1. The van der Waals surface area contributed by atoms with E-state index in [0.29, 0.717) is 21.4 Å². The molecule has 1 aromatic rings. The fourth-order valence-corrected chi connectivity index (χ4v) is 2.28. The van der Waals surface area contributed by atoms with Crippen molar-refractivity contribution in [2.75, 3.05) is 16.8 Å². The van der Waals surface area contributed by atoms with E-state index in [9.17, 15) is 9.59 Å². The minimum absolute atomic E-state index is 0.102. The highest BCUT2D eigenvalue weighted by atomic mass is 35.5. The van der Waals surface area contributed by atoms with Crippen LogP contribution < -0.4 is 10.2 Å². The van der Waals surface area contributed by atoms with Crippen LogP contribution in [0.1, 0.15) is 13.3 Å². The van der Waals surface area contributed by atoms with Crippen LogP contribution in [0.2, 0.25) is 10.0 Å². The topological polar surface area (TPSA) is 69.6 Å². The Balaban J connectivity index is 2.40. The number of rotatable bonds is 3. The van der Waals surface area contributed by atoms with E-state index in [1.54, 1.807) is 19.1 Å². The second-order valence-electron chi connectivity index (χ2n) is 4.28. The van der Waals surface area contributed by atoms with Crippen LogP contribution in [0.4, 0.5) is 11.4 Å². The maximum atomic E-state index is 12.1. The number of benzene rings is 1. The van der Waals surface area contributed by atoms with Crippen LogP contribution in [0.25, 0.3) is 0 Å². The molecule has 0 radical (unpaired) electrons. The van der Waals surface area contributed by atoms with Gasteiger partial charge in [0.25, 0.3) is 0 Å². The first-order valence-corrected chi connectivity index (χ1v) is 6.44. The van der Waals surface area contributed by atoms with Gasteiger partial charge in [-0.2, -0.15) is 0 Å². The van der Waals surface area contributed by atoms with Crippen molar-refractivity contribution in [1.29, 1.82) is 0 Å². The summed E-state index contributed by atoms with van der Waals surface area (Å²) >= 11 is 11.9. The molecule has 2 rings (SSSR count). The first kappa shape index (κ1) is 14.0. The normalized spacial score (nSPS) is 17.9. The lowest BCUT2D eigenvalue weighted by atomic mass is 10.1. The van der Waals surface area contributed by atoms with Crippen LogP contribution >= 0.6 is 23.2 Å². The van der Waals surface area contributed by atoms with Crippen molar-refractivity contribution in [3.8, 4) is 0 Å².